The van der Waals surface area contributed by atoms with E-state index in [-0.39, 0.29) is 0 Å². The number of aromatic nitrogens is 1. The van der Waals surface area contributed by atoms with Gasteiger partial charge in [0.05, 0.1) is 12.1 Å². The maximum Gasteiger partial charge on any atom is 0.163 e. The summed E-state index contributed by atoms with van der Waals surface area (Å²) >= 11 is 7.78. The standard InChI is InChI=1S/C22H25ClN2O5S/c23-13-3-6-15-16(9-13)25(22-21(29)20(28)19(27)17(11-26)30-22)10-18(15)31-14-4-1-12(2-5-14)7-8-24/h1-6,9-10,17,19-22,26-29H,7-8,11,24H2/t17-,19-,20+,21-,22-/m1/s1. The second-order valence-corrected chi connectivity index (χ2v) is 9.12. The highest BCUT2D eigenvalue weighted by atomic mass is 35.5. The van der Waals surface area contributed by atoms with E-state index in [4.69, 9.17) is 22.1 Å². The number of nitrogens with zero attached hydrogens (tertiary/aromatic N) is 1. The van der Waals surface area contributed by atoms with Crippen molar-refractivity contribution < 1.29 is 25.2 Å². The first-order valence-corrected chi connectivity index (χ1v) is 11.2. The molecule has 4 rings (SSSR count). The lowest BCUT2D eigenvalue weighted by atomic mass is 9.98. The number of halogens is 1. The van der Waals surface area contributed by atoms with Gasteiger partial charge in [-0.2, -0.15) is 0 Å². The van der Waals surface area contributed by atoms with E-state index >= 15 is 0 Å². The molecule has 0 saturated carbocycles. The quantitative estimate of drug-likeness (QED) is 0.378. The van der Waals surface area contributed by atoms with Crippen LogP contribution in [0.25, 0.3) is 10.9 Å². The van der Waals surface area contributed by atoms with E-state index in [1.807, 2.05) is 36.5 Å². The van der Waals surface area contributed by atoms with Gasteiger partial charge in [-0.15, -0.1) is 0 Å². The Kier molecular flexibility index (Phi) is 6.90. The normalized spacial score (nSPS) is 26.5. The maximum atomic E-state index is 10.6. The smallest absolute Gasteiger partial charge is 0.163 e. The molecule has 1 aliphatic rings. The molecule has 31 heavy (non-hydrogen) atoms. The lowest BCUT2D eigenvalue weighted by molar-refractivity contribution is -0.250. The third kappa shape index (κ3) is 4.48. The molecule has 0 unspecified atom stereocenters. The van der Waals surface area contributed by atoms with Gasteiger partial charge in [0.15, 0.2) is 6.23 Å². The lowest BCUT2D eigenvalue weighted by Gasteiger charge is -2.40. The lowest BCUT2D eigenvalue weighted by Crippen LogP contribution is -2.56. The van der Waals surface area contributed by atoms with E-state index in [0.717, 1.165) is 21.6 Å². The van der Waals surface area contributed by atoms with Gasteiger partial charge in [-0.05, 0) is 42.8 Å². The molecule has 0 aliphatic carbocycles. The van der Waals surface area contributed by atoms with E-state index in [2.05, 4.69) is 0 Å². The molecule has 3 aromatic rings. The Morgan fingerprint density at radius 2 is 1.77 bits per heavy atom. The van der Waals surface area contributed by atoms with Crippen LogP contribution in [0.1, 0.15) is 11.8 Å². The van der Waals surface area contributed by atoms with Crippen molar-refractivity contribution in [3.8, 4) is 0 Å². The Balaban J connectivity index is 1.72. The summed E-state index contributed by atoms with van der Waals surface area (Å²) in [4.78, 5) is 1.94. The first-order valence-electron chi connectivity index (χ1n) is 10.0. The number of benzene rings is 2. The number of nitrogens with two attached hydrogens (primary N) is 1. The Bertz CT molecular complexity index is 1040. The van der Waals surface area contributed by atoms with Gasteiger partial charge in [0.25, 0.3) is 0 Å². The molecule has 1 fully saturated rings. The van der Waals surface area contributed by atoms with Gasteiger partial charge in [-0.1, -0.05) is 41.6 Å². The second-order valence-electron chi connectivity index (χ2n) is 7.57. The van der Waals surface area contributed by atoms with E-state index in [0.29, 0.717) is 17.1 Å². The molecule has 1 aliphatic heterocycles. The van der Waals surface area contributed by atoms with Crippen molar-refractivity contribution in [3.05, 3.63) is 59.2 Å². The van der Waals surface area contributed by atoms with Gasteiger partial charge < -0.3 is 35.5 Å². The summed E-state index contributed by atoms with van der Waals surface area (Å²) in [5, 5.41) is 41.9. The van der Waals surface area contributed by atoms with Crippen LogP contribution in [0.4, 0.5) is 0 Å². The maximum absolute atomic E-state index is 10.6. The van der Waals surface area contributed by atoms with Crippen LogP contribution < -0.4 is 5.73 Å². The fraction of sp³-hybridized carbons (Fsp3) is 0.364. The fourth-order valence-corrected chi connectivity index (χ4v) is 4.95. The molecule has 5 atom stereocenters. The Morgan fingerprint density at radius 1 is 1.03 bits per heavy atom. The number of rotatable bonds is 6. The van der Waals surface area contributed by atoms with Crippen molar-refractivity contribution in [3.63, 3.8) is 0 Å². The zero-order valence-corrected chi connectivity index (χ0v) is 18.2. The van der Waals surface area contributed by atoms with Crippen molar-refractivity contribution in [2.75, 3.05) is 13.2 Å². The highest BCUT2D eigenvalue weighted by Gasteiger charge is 2.44. The highest BCUT2D eigenvalue weighted by Crippen LogP contribution is 2.40. The van der Waals surface area contributed by atoms with Crippen LogP contribution in [0.15, 0.2) is 58.5 Å². The van der Waals surface area contributed by atoms with Gasteiger partial charge in [0.1, 0.15) is 24.4 Å². The van der Waals surface area contributed by atoms with Gasteiger partial charge in [-0.3, -0.25) is 0 Å². The summed E-state index contributed by atoms with van der Waals surface area (Å²) in [5.74, 6) is 0. The average Bonchev–Trinajstić information content (AvgIpc) is 3.11. The summed E-state index contributed by atoms with van der Waals surface area (Å²) in [7, 11) is 0. The SMILES string of the molecule is NCCc1ccc(Sc2cn([C@@H]3O[C@H](CO)[C@@H](O)[C@H](O)[C@H]3O)c3cc(Cl)ccc23)cc1. The topological polar surface area (TPSA) is 121 Å². The van der Waals surface area contributed by atoms with Gasteiger partial charge in [0.2, 0.25) is 0 Å². The Labute approximate surface area is 189 Å². The van der Waals surface area contributed by atoms with Crippen LogP contribution in [-0.2, 0) is 11.2 Å². The molecule has 6 N–H and O–H groups in total. The van der Waals surface area contributed by atoms with Gasteiger partial charge >= 0.3 is 0 Å². The fourth-order valence-electron chi connectivity index (χ4n) is 3.81. The van der Waals surface area contributed by atoms with Crippen molar-refractivity contribution in [1.82, 2.24) is 4.57 Å². The van der Waals surface area contributed by atoms with Crippen molar-refractivity contribution in [1.29, 1.82) is 0 Å². The molecule has 7 nitrogen and oxygen atoms in total. The zero-order chi connectivity index (χ0) is 22.1. The summed E-state index contributed by atoms with van der Waals surface area (Å²) < 4.78 is 7.45. The van der Waals surface area contributed by atoms with E-state index in [1.54, 1.807) is 28.5 Å². The predicted molar refractivity (Wildman–Crippen MR) is 119 cm³/mol. The molecule has 1 aromatic heterocycles. The second kappa shape index (κ2) is 9.48. The van der Waals surface area contributed by atoms with Gasteiger partial charge in [-0.25, -0.2) is 0 Å². The summed E-state index contributed by atoms with van der Waals surface area (Å²) in [5.41, 5.74) is 7.50. The average molecular weight is 465 g/mol. The van der Waals surface area contributed by atoms with Crippen LogP contribution in [0, 0.1) is 0 Å². The van der Waals surface area contributed by atoms with Crippen molar-refractivity contribution >= 4 is 34.3 Å². The molecular formula is C22H25ClN2O5S. The number of aliphatic hydroxyl groups is 4. The number of hydrogen-bond acceptors (Lipinski definition) is 7. The Morgan fingerprint density at radius 3 is 2.45 bits per heavy atom. The van der Waals surface area contributed by atoms with E-state index in [9.17, 15) is 20.4 Å². The summed E-state index contributed by atoms with van der Waals surface area (Å²) in [6.07, 6.45) is -3.61. The minimum Gasteiger partial charge on any atom is -0.394 e. The summed E-state index contributed by atoms with van der Waals surface area (Å²) in [6.45, 7) is 0.109. The van der Waals surface area contributed by atoms with Crippen LogP contribution in [0.2, 0.25) is 5.02 Å². The largest absolute Gasteiger partial charge is 0.394 e. The number of fused-ring (bicyclic) bond motifs is 1. The highest BCUT2D eigenvalue weighted by molar-refractivity contribution is 7.99. The minimum atomic E-state index is -1.46. The monoisotopic (exact) mass is 464 g/mol. The van der Waals surface area contributed by atoms with Crippen molar-refractivity contribution in [2.24, 2.45) is 5.73 Å². The molecule has 0 spiro atoms. The summed E-state index contributed by atoms with van der Waals surface area (Å²) in [6, 6.07) is 13.6. The Hall–Kier alpha value is -1.62. The van der Waals surface area contributed by atoms with Crippen molar-refractivity contribution in [2.45, 2.75) is 46.9 Å². The predicted octanol–water partition coefficient (Wildman–Crippen LogP) is 1.92. The number of ether oxygens (including phenoxy) is 1. The molecule has 9 heteroatoms. The van der Waals surface area contributed by atoms with E-state index in [1.165, 1.54) is 5.56 Å². The molecule has 166 valence electrons. The van der Waals surface area contributed by atoms with Crippen LogP contribution >= 0.6 is 23.4 Å². The van der Waals surface area contributed by atoms with Crippen LogP contribution in [-0.4, -0.2) is 62.6 Å². The first kappa shape index (κ1) is 22.6. The molecule has 2 heterocycles. The van der Waals surface area contributed by atoms with E-state index < -0.39 is 37.3 Å². The molecule has 0 amide bonds. The first-order chi connectivity index (χ1) is 14.9. The molecular weight excluding hydrogens is 440 g/mol. The number of aliphatic hydroxyl groups excluding tert-OH is 4. The number of hydrogen-bond donors (Lipinski definition) is 5. The molecule has 1 saturated heterocycles. The molecule has 0 bridgehead atoms. The molecule has 2 aromatic carbocycles. The minimum absolute atomic E-state index is 0.488. The van der Waals surface area contributed by atoms with Gasteiger partial charge in [0, 0.05) is 26.4 Å². The van der Waals surface area contributed by atoms with Crippen LogP contribution in [0.3, 0.4) is 0 Å². The molecule has 0 radical (unpaired) electrons. The third-order valence-corrected chi connectivity index (χ3v) is 6.77. The zero-order valence-electron chi connectivity index (χ0n) is 16.6. The van der Waals surface area contributed by atoms with Crippen LogP contribution in [0.5, 0.6) is 0 Å². The third-order valence-electron chi connectivity index (χ3n) is 5.49.